The number of ether oxygens (including phenoxy) is 3. The lowest BCUT2D eigenvalue weighted by Crippen LogP contribution is -2.35. The van der Waals surface area contributed by atoms with Crippen LogP contribution in [-0.2, 0) is 25.8 Å². The number of fused-ring (bicyclic) bond motifs is 2. The molecule has 0 atom stereocenters. The van der Waals surface area contributed by atoms with Gasteiger partial charge >= 0.3 is 0 Å². The van der Waals surface area contributed by atoms with Crippen LogP contribution in [0.1, 0.15) is 75.5 Å². The van der Waals surface area contributed by atoms with Crippen molar-refractivity contribution in [3.05, 3.63) is 74.7 Å². The molecule has 0 saturated carbocycles. The number of hydrogen-bond donors (Lipinski definition) is 0. The van der Waals surface area contributed by atoms with Gasteiger partial charge in [0.05, 0.1) is 14.2 Å². The van der Waals surface area contributed by atoms with E-state index in [4.69, 9.17) is 18.6 Å². The fraction of sp³-hybridized carbons (Fsp3) is 0.452. The fourth-order valence-electron chi connectivity index (χ4n) is 5.69. The zero-order chi connectivity index (χ0) is 26.5. The summed E-state index contributed by atoms with van der Waals surface area (Å²) in [4.78, 5) is 15.2. The summed E-state index contributed by atoms with van der Waals surface area (Å²) in [7, 11) is 3.27. The molecule has 0 N–H and O–H groups in total. The van der Waals surface area contributed by atoms with E-state index in [1.165, 1.54) is 33.4 Å². The zero-order valence-electron chi connectivity index (χ0n) is 23.0. The largest absolute Gasteiger partial charge is 0.493 e. The van der Waals surface area contributed by atoms with Crippen molar-refractivity contribution in [2.24, 2.45) is 0 Å². The van der Waals surface area contributed by atoms with Gasteiger partial charge in [-0.05, 0) is 117 Å². The normalized spacial score (nSPS) is 16.0. The molecule has 196 valence electrons. The van der Waals surface area contributed by atoms with Gasteiger partial charge in [0.25, 0.3) is 5.91 Å². The second-order valence-corrected chi connectivity index (χ2v) is 10.9. The summed E-state index contributed by atoms with van der Waals surface area (Å²) in [6.45, 7) is 12.0. The van der Waals surface area contributed by atoms with E-state index in [0.717, 1.165) is 42.1 Å². The Kier molecular flexibility index (Phi) is 6.47. The van der Waals surface area contributed by atoms with Gasteiger partial charge in [-0.25, -0.2) is 0 Å². The summed E-state index contributed by atoms with van der Waals surface area (Å²) in [5.74, 6) is 3.54. The maximum atomic E-state index is 13.4. The van der Waals surface area contributed by atoms with Crippen molar-refractivity contribution in [2.45, 2.75) is 72.4 Å². The maximum Gasteiger partial charge on any atom is 0.289 e. The third-order valence-electron chi connectivity index (χ3n) is 8.12. The smallest absolute Gasteiger partial charge is 0.289 e. The minimum Gasteiger partial charge on any atom is -0.493 e. The van der Waals surface area contributed by atoms with Crippen LogP contribution >= 0.6 is 0 Å². The van der Waals surface area contributed by atoms with Gasteiger partial charge in [0.15, 0.2) is 17.3 Å². The molecule has 37 heavy (non-hydrogen) atoms. The van der Waals surface area contributed by atoms with Gasteiger partial charge < -0.3 is 23.5 Å². The second kappa shape index (κ2) is 9.47. The van der Waals surface area contributed by atoms with Gasteiger partial charge in [0, 0.05) is 19.5 Å². The van der Waals surface area contributed by atoms with Crippen molar-refractivity contribution in [1.82, 2.24) is 4.90 Å². The number of nitrogens with zero attached hydrogens (tertiary/aromatic N) is 1. The number of amides is 1. The van der Waals surface area contributed by atoms with Crippen LogP contribution in [0, 0.1) is 20.8 Å². The van der Waals surface area contributed by atoms with Gasteiger partial charge in [0.1, 0.15) is 17.1 Å². The van der Waals surface area contributed by atoms with Crippen LogP contribution in [0.2, 0.25) is 0 Å². The van der Waals surface area contributed by atoms with E-state index in [2.05, 4.69) is 34.6 Å². The SMILES string of the molecule is COc1cc2c(cc1OC)CN(C(=O)c1ccc(Cc3c(C)c(C)c4c(c3C)CCC(C)(C)O4)o1)CC2. The molecule has 0 radical (unpaired) electrons. The third kappa shape index (κ3) is 4.58. The number of carbonyl (C=O) groups excluding carboxylic acids is 1. The van der Waals surface area contributed by atoms with E-state index < -0.39 is 0 Å². The van der Waals surface area contributed by atoms with Gasteiger partial charge in [-0.2, -0.15) is 0 Å². The van der Waals surface area contributed by atoms with Gasteiger partial charge in [-0.15, -0.1) is 0 Å². The Hall–Kier alpha value is -3.41. The lowest BCUT2D eigenvalue weighted by Gasteiger charge is -2.35. The predicted octanol–water partition coefficient (Wildman–Crippen LogP) is 6.11. The van der Waals surface area contributed by atoms with E-state index in [1.807, 2.05) is 29.2 Å². The van der Waals surface area contributed by atoms with E-state index in [9.17, 15) is 4.79 Å². The summed E-state index contributed by atoms with van der Waals surface area (Å²) in [6, 6.07) is 7.73. The Morgan fingerprint density at radius 3 is 2.38 bits per heavy atom. The van der Waals surface area contributed by atoms with E-state index >= 15 is 0 Å². The summed E-state index contributed by atoms with van der Waals surface area (Å²) < 4.78 is 23.4. The van der Waals surface area contributed by atoms with Crippen molar-refractivity contribution in [2.75, 3.05) is 20.8 Å². The Balaban J connectivity index is 1.36. The monoisotopic (exact) mass is 503 g/mol. The minimum absolute atomic E-state index is 0.0858. The topological polar surface area (TPSA) is 61.1 Å². The van der Waals surface area contributed by atoms with Crippen LogP contribution < -0.4 is 14.2 Å². The van der Waals surface area contributed by atoms with E-state index in [1.54, 1.807) is 14.2 Å². The Labute approximate surface area is 219 Å². The summed E-state index contributed by atoms with van der Waals surface area (Å²) >= 11 is 0. The fourth-order valence-corrected chi connectivity index (χ4v) is 5.69. The highest BCUT2D eigenvalue weighted by Gasteiger charge is 2.31. The Morgan fingerprint density at radius 1 is 0.973 bits per heavy atom. The van der Waals surface area contributed by atoms with Crippen molar-refractivity contribution in [3.8, 4) is 17.2 Å². The molecule has 0 unspecified atom stereocenters. The zero-order valence-corrected chi connectivity index (χ0v) is 23.0. The number of rotatable bonds is 5. The van der Waals surface area contributed by atoms with Crippen molar-refractivity contribution in [3.63, 3.8) is 0 Å². The molecule has 5 rings (SSSR count). The summed E-state index contributed by atoms with van der Waals surface area (Å²) in [5, 5.41) is 0. The quantitative estimate of drug-likeness (QED) is 0.420. The van der Waals surface area contributed by atoms with Crippen molar-refractivity contribution in [1.29, 1.82) is 0 Å². The number of carbonyl (C=O) groups is 1. The van der Waals surface area contributed by atoms with E-state index in [-0.39, 0.29) is 11.5 Å². The molecular formula is C31H37NO5. The molecule has 0 saturated heterocycles. The molecule has 2 aliphatic rings. The van der Waals surface area contributed by atoms with Gasteiger partial charge in [-0.3, -0.25) is 4.79 Å². The van der Waals surface area contributed by atoms with Gasteiger partial charge in [-0.1, -0.05) is 0 Å². The highest BCUT2D eigenvalue weighted by Crippen LogP contribution is 2.41. The molecule has 0 spiro atoms. The molecule has 0 bridgehead atoms. The average Bonchev–Trinajstić information content (AvgIpc) is 3.36. The van der Waals surface area contributed by atoms with Crippen LogP contribution in [0.5, 0.6) is 17.2 Å². The lowest BCUT2D eigenvalue weighted by atomic mass is 9.84. The number of methoxy groups -OCH3 is 2. The van der Waals surface area contributed by atoms with Crippen LogP contribution in [0.3, 0.4) is 0 Å². The molecule has 6 nitrogen and oxygen atoms in total. The first-order chi connectivity index (χ1) is 17.6. The molecule has 6 heteroatoms. The predicted molar refractivity (Wildman–Crippen MR) is 143 cm³/mol. The van der Waals surface area contributed by atoms with Crippen molar-refractivity contribution >= 4 is 5.91 Å². The minimum atomic E-state index is -0.138. The number of benzene rings is 2. The first kappa shape index (κ1) is 25.2. The molecule has 1 aromatic heterocycles. The van der Waals surface area contributed by atoms with Crippen molar-refractivity contribution < 1.29 is 23.4 Å². The van der Waals surface area contributed by atoms with Crippen LogP contribution in [0.15, 0.2) is 28.7 Å². The third-order valence-corrected chi connectivity index (χ3v) is 8.12. The lowest BCUT2D eigenvalue weighted by molar-refractivity contribution is 0.0700. The molecule has 3 aromatic rings. The van der Waals surface area contributed by atoms with Crippen LogP contribution in [0.4, 0.5) is 0 Å². The molecule has 0 aliphatic carbocycles. The first-order valence-corrected chi connectivity index (χ1v) is 13.0. The summed E-state index contributed by atoms with van der Waals surface area (Å²) in [6.07, 6.45) is 3.43. The maximum absolute atomic E-state index is 13.4. The second-order valence-electron chi connectivity index (χ2n) is 10.9. The van der Waals surface area contributed by atoms with E-state index in [0.29, 0.717) is 31.0 Å². The number of furan rings is 1. The highest BCUT2D eigenvalue weighted by molar-refractivity contribution is 5.91. The molecule has 2 aromatic carbocycles. The van der Waals surface area contributed by atoms with Crippen LogP contribution in [0.25, 0.3) is 0 Å². The van der Waals surface area contributed by atoms with Gasteiger partial charge in [0.2, 0.25) is 0 Å². The molecule has 1 amide bonds. The summed E-state index contributed by atoms with van der Waals surface area (Å²) in [5.41, 5.74) is 8.39. The Bertz CT molecular complexity index is 1370. The number of hydrogen-bond acceptors (Lipinski definition) is 5. The average molecular weight is 504 g/mol. The molecule has 3 heterocycles. The van der Waals surface area contributed by atoms with Crippen LogP contribution in [-0.4, -0.2) is 37.2 Å². The molecule has 2 aliphatic heterocycles. The first-order valence-electron chi connectivity index (χ1n) is 13.0. The molecule has 0 fully saturated rings. The molecular weight excluding hydrogens is 466 g/mol. The standard InChI is InChI=1S/C31H37NO5/c1-18-19(2)29-24(10-12-31(4,5)37-29)20(3)25(18)16-23-8-9-26(36-23)30(33)32-13-11-21-14-27(34-6)28(35-7)15-22(21)17-32/h8-9,14-15H,10-13,16-17H2,1-7H3. The highest BCUT2D eigenvalue weighted by atomic mass is 16.5. The Morgan fingerprint density at radius 2 is 1.68 bits per heavy atom.